The lowest BCUT2D eigenvalue weighted by atomic mass is 9.62. The number of carbonyl (C=O) groups is 2. The molecule has 3 aromatic rings. The highest BCUT2D eigenvalue weighted by Crippen LogP contribution is 2.47. The lowest BCUT2D eigenvalue weighted by Gasteiger charge is -2.49. The molecule has 10 heteroatoms. The smallest absolute Gasteiger partial charge is 0.254 e. The fraction of sp³-hybridized carbons (Fsp3) is 0.412. The Hall–Kier alpha value is -3.46. The molecular weight excluding hydrogens is 601 g/mol. The summed E-state index contributed by atoms with van der Waals surface area (Å²) in [7, 11) is 4.61. The molecule has 2 heterocycles. The molecule has 5 rings (SSSR count). The van der Waals surface area contributed by atoms with Crippen LogP contribution in [0.3, 0.4) is 0 Å². The van der Waals surface area contributed by atoms with Crippen LogP contribution in [0.25, 0.3) is 0 Å². The van der Waals surface area contributed by atoms with Crippen molar-refractivity contribution in [2.45, 2.75) is 37.1 Å². The Morgan fingerprint density at radius 1 is 0.909 bits per heavy atom. The first-order valence-corrected chi connectivity index (χ1v) is 15.5. The van der Waals surface area contributed by atoms with Gasteiger partial charge >= 0.3 is 0 Å². The summed E-state index contributed by atoms with van der Waals surface area (Å²) in [5.74, 6) is 0.899. The number of rotatable bonds is 9. The number of nitrogens with zero attached hydrogens (tertiary/aromatic N) is 2. The third-order valence-electron chi connectivity index (χ3n) is 9.56. The van der Waals surface area contributed by atoms with E-state index in [0.717, 1.165) is 17.5 Å². The molecule has 2 aliphatic heterocycles. The maximum Gasteiger partial charge on any atom is 0.254 e. The van der Waals surface area contributed by atoms with Crippen molar-refractivity contribution in [1.29, 1.82) is 0 Å². The molecule has 0 bridgehead atoms. The molecule has 4 atom stereocenters. The first-order chi connectivity index (χ1) is 21.1. The summed E-state index contributed by atoms with van der Waals surface area (Å²) in [6.45, 7) is 4.76. The number of methoxy groups -OCH3 is 3. The Labute approximate surface area is 269 Å². The largest absolute Gasteiger partial charge is 0.493 e. The lowest BCUT2D eigenvalue weighted by Crippen LogP contribution is -2.57. The van der Waals surface area contributed by atoms with Crippen LogP contribution in [0.15, 0.2) is 60.7 Å². The van der Waals surface area contributed by atoms with Gasteiger partial charge in [0.15, 0.2) is 11.5 Å². The predicted molar refractivity (Wildman–Crippen MR) is 172 cm³/mol. The summed E-state index contributed by atoms with van der Waals surface area (Å²) in [5.41, 5.74) is 7.66. The predicted octanol–water partition coefficient (Wildman–Crippen LogP) is 5.78. The highest BCUT2D eigenvalue weighted by molar-refractivity contribution is 6.42. The maximum atomic E-state index is 13.6. The van der Waals surface area contributed by atoms with Crippen molar-refractivity contribution in [1.82, 2.24) is 9.80 Å². The van der Waals surface area contributed by atoms with E-state index in [1.807, 2.05) is 47.4 Å². The third-order valence-corrected chi connectivity index (χ3v) is 10.3. The highest BCUT2D eigenvalue weighted by atomic mass is 35.5. The van der Waals surface area contributed by atoms with Crippen LogP contribution in [0.5, 0.6) is 17.2 Å². The number of amides is 2. The molecule has 2 amide bonds. The third kappa shape index (κ3) is 5.83. The van der Waals surface area contributed by atoms with Crippen molar-refractivity contribution in [2.24, 2.45) is 11.7 Å². The minimum absolute atomic E-state index is 0.0805. The van der Waals surface area contributed by atoms with Crippen LogP contribution in [-0.2, 0) is 10.2 Å². The van der Waals surface area contributed by atoms with Gasteiger partial charge in [0.1, 0.15) is 0 Å². The Balaban J connectivity index is 1.39. The second kappa shape index (κ2) is 13.3. The minimum atomic E-state index is -0.904. The van der Waals surface area contributed by atoms with Crippen molar-refractivity contribution >= 4 is 35.0 Å². The number of primary amides is 1. The molecular formula is C34H39Cl2N3O5. The first kappa shape index (κ1) is 31.9. The van der Waals surface area contributed by atoms with Gasteiger partial charge in [0.05, 0.1) is 36.8 Å². The molecule has 2 N–H and O–H groups in total. The van der Waals surface area contributed by atoms with Crippen LogP contribution in [0.2, 0.25) is 10.0 Å². The molecule has 8 nitrogen and oxygen atoms in total. The number of likely N-dealkylation sites (tertiary alicyclic amines) is 2. The Bertz CT molecular complexity index is 1490. The fourth-order valence-corrected chi connectivity index (χ4v) is 7.34. The molecule has 2 saturated heterocycles. The second-order valence-corrected chi connectivity index (χ2v) is 12.4. The fourth-order valence-electron chi connectivity index (χ4n) is 7.03. The summed E-state index contributed by atoms with van der Waals surface area (Å²) in [6.07, 6.45) is 1.42. The normalized spacial score (nSPS) is 22.8. The van der Waals surface area contributed by atoms with Gasteiger partial charge < -0.3 is 24.8 Å². The molecule has 2 fully saturated rings. The maximum absolute atomic E-state index is 13.6. The number of piperidine rings is 1. The van der Waals surface area contributed by atoms with Crippen LogP contribution in [0, 0.1) is 5.92 Å². The van der Waals surface area contributed by atoms with E-state index in [0.29, 0.717) is 65.5 Å². The van der Waals surface area contributed by atoms with Crippen LogP contribution >= 0.6 is 23.2 Å². The molecule has 0 aromatic heterocycles. The van der Waals surface area contributed by atoms with Gasteiger partial charge in [-0.25, -0.2) is 0 Å². The first-order valence-electron chi connectivity index (χ1n) is 14.8. The minimum Gasteiger partial charge on any atom is -0.493 e. The number of ether oxygens (including phenoxy) is 3. The molecule has 44 heavy (non-hydrogen) atoms. The Kier molecular flexibility index (Phi) is 9.63. The van der Waals surface area contributed by atoms with Gasteiger partial charge in [-0.05, 0) is 67.6 Å². The average Bonchev–Trinajstić information content (AvgIpc) is 3.55. The van der Waals surface area contributed by atoms with Crippen LogP contribution in [0.1, 0.15) is 47.2 Å². The van der Waals surface area contributed by atoms with Crippen LogP contribution < -0.4 is 19.9 Å². The monoisotopic (exact) mass is 639 g/mol. The highest BCUT2D eigenvalue weighted by Gasteiger charge is 2.51. The Morgan fingerprint density at radius 3 is 2.18 bits per heavy atom. The van der Waals surface area contributed by atoms with Crippen molar-refractivity contribution < 1.29 is 23.8 Å². The van der Waals surface area contributed by atoms with E-state index in [1.54, 1.807) is 18.2 Å². The number of halogens is 2. The van der Waals surface area contributed by atoms with Crippen molar-refractivity contribution in [3.05, 3.63) is 87.4 Å². The van der Waals surface area contributed by atoms with Gasteiger partial charge in [-0.1, -0.05) is 59.6 Å². The van der Waals surface area contributed by atoms with E-state index >= 15 is 0 Å². The van der Waals surface area contributed by atoms with Crippen molar-refractivity contribution in [3.63, 3.8) is 0 Å². The molecule has 3 aromatic carbocycles. The summed E-state index contributed by atoms with van der Waals surface area (Å²) in [5, 5.41) is 0.904. The summed E-state index contributed by atoms with van der Waals surface area (Å²) in [4.78, 5) is 31.3. The van der Waals surface area contributed by atoms with Gasteiger partial charge in [0, 0.05) is 37.2 Å². The number of nitrogens with two attached hydrogens (primary N) is 1. The average molecular weight is 641 g/mol. The number of carbonyl (C=O) groups excluding carboxylic acids is 2. The van der Waals surface area contributed by atoms with Crippen molar-refractivity contribution in [2.75, 3.05) is 47.5 Å². The Morgan fingerprint density at radius 2 is 1.59 bits per heavy atom. The molecule has 0 spiro atoms. The molecule has 234 valence electrons. The zero-order chi connectivity index (χ0) is 31.6. The molecule has 2 aliphatic rings. The molecule has 0 aliphatic carbocycles. The van der Waals surface area contributed by atoms with E-state index in [2.05, 4.69) is 11.8 Å². The van der Waals surface area contributed by atoms with Gasteiger partial charge in [-0.2, -0.15) is 0 Å². The summed E-state index contributed by atoms with van der Waals surface area (Å²) < 4.78 is 16.4. The lowest BCUT2D eigenvalue weighted by molar-refractivity contribution is -0.126. The second-order valence-electron chi connectivity index (χ2n) is 11.6. The van der Waals surface area contributed by atoms with E-state index in [-0.39, 0.29) is 29.7 Å². The zero-order valence-electron chi connectivity index (χ0n) is 25.5. The van der Waals surface area contributed by atoms with Gasteiger partial charge in [-0.15, -0.1) is 0 Å². The van der Waals surface area contributed by atoms with E-state index in [9.17, 15) is 9.59 Å². The van der Waals surface area contributed by atoms with Crippen molar-refractivity contribution in [3.8, 4) is 17.2 Å². The molecule has 0 saturated carbocycles. The SMILES string of the molecule is COc1cc(C(=O)N2CCC(C(C)N3CCC(C(N)=O)(c4ccccc4)C(c4ccc(Cl)c(Cl)c4)C3)C2)cc(OC)c1OC. The number of hydrogen-bond acceptors (Lipinski definition) is 6. The van der Waals surface area contributed by atoms with E-state index in [4.69, 9.17) is 43.1 Å². The van der Waals surface area contributed by atoms with Gasteiger partial charge in [0.2, 0.25) is 11.7 Å². The quantitative estimate of drug-likeness (QED) is 0.319. The number of hydrogen-bond donors (Lipinski definition) is 1. The molecule has 4 unspecified atom stereocenters. The standard InChI is InChI=1S/C34H39Cl2N3O5/c1-21(23-12-14-39(19-23)32(40)24-17-29(42-2)31(44-4)30(18-24)43-3)38-15-13-34(33(37)41,25-8-6-5-7-9-25)26(20-38)22-10-11-27(35)28(36)16-22/h5-11,16-18,21,23,26H,12-15,19-20H2,1-4H3,(H2,37,41). The topological polar surface area (TPSA) is 94.3 Å². The van der Waals surface area contributed by atoms with Crippen LogP contribution in [-0.4, -0.2) is 75.2 Å². The number of benzene rings is 3. The summed E-state index contributed by atoms with van der Waals surface area (Å²) in [6, 6.07) is 18.9. The van der Waals surface area contributed by atoms with E-state index < -0.39 is 5.41 Å². The van der Waals surface area contributed by atoms with Crippen LogP contribution in [0.4, 0.5) is 0 Å². The van der Waals surface area contributed by atoms with E-state index in [1.165, 1.54) is 21.3 Å². The molecule has 0 radical (unpaired) electrons. The van der Waals surface area contributed by atoms with Gasteiger partial charge in [-0.3, -0.25) is 14.5 Å². The zero-order valence-corrected chi connectivity index (χ0v) is 27.0. The van der Waals surface area contributed by atoms with Gasteiger partial charge in [0.25, 0.3) is 5.91 Å². The summed E-state index contributed by atoms with van der Waals surface area (Å²) >= 11 is 12.8.